The molecule has 0 bridgehead atoms. The van der Waals surface area contributed by atoms with Crippen LogP contribution in [0.4, 0.5) is 0 Å². The lowest BCUT2D eigenvalue weighted by Crippen LogP contribution is -2.57. The van der Waals surface area contributed by atoms with Crippen LogP contribution < -0.4 is 0 Å². The molecule has 1 aromatic heterocycles. The van der Waals surface area contributed by atoms with Crippen LogP contribution in [0.5, 0.6) is 0 Å². The van der Waals surface area contributed by atoms with Gasteiger partial charge in [0.05, 0.1) is 12.0 Å². The second kappa shape index (κ2) is 8.35. The molecule has 1 saturated heterocycles. The molecule has 6 nitrogen and oxygen atoms in total. The van der Waals surface area contributed by atoms with E-state index < -0.39 is 29.4 Å². The zero-order valence-corrected chi connectivity index (χ0v) is 20.7. The van der Waals surface area contributed by atoms with Gasteiger partial charge in [-0.3, -0.25) is 9.59 Å². The highest BCUT2D eigenvalue weighted by molar-refractivity contribution is 7.09. The molecule has 176 valence electrons. The maximum atomic E-state index is 14.1. The number of carboxylic acid groups (broad SMARTS) is 1. The number of fused-ring (bicyclic) bond motifs is 1. The number of carbonyl (C=O) groups is 3. The number of Topliss-reactive ketones (excluding diaryl/α,β-unsaturated/α-hetero) is 1. The Balaban J connectivity index is 1.89. The number of likely N-dealkylation sites (tertiary alicyclic amines) is 1. The maximum Gasteiger partial charge on any atom is 0.329 e. The number of carboxylic acids is 1. The molecule has 7 heteroatoms. The van der Waals surface area contributed by atoms with Crippen molar-refractivity contribution in [2.75, 3.05) is 0 Å². The normalized spacial score (nSPS) is 27.3. The summed E-state index contributed by atoms with van der Waals surface area (Å²) in [5, 5.41) is 13.1. The number of aromatic nitrogens is 1. The summed E-state index contributed by atoms with van der Waals surface area (Å²) in [5.74, 6) is -2.26. The lowest BCUT2D eigenvalue weighted by molar-refractivity contribution is -0.152. The van der Waals surface area contributed by atoms with Crippen molar-refractivity contribution in [3.63, 3.8) is 0 Å². The van der Waals surface area contributed by atoms with Crippen LogP contribution in [0.1, 0.15) is 80.9 Å². The van der Waals surface area contributed by atoms with Crippen molar-refractivity contribution in [3.8, 4) is 0 Å². The van der Waals surface area contributed by atoms with Gasteiger partial charge in [0.25, 0.3) is 5.91 Å². The molecule has 2 aromatic rings. The number of thiazole rings is 1. The Morgan fingerprint density at radius 1 is 1.24 bits per heavy atom. The SMILES string of the molecule is CC(C)C[C@@]1(C(=O)O)C2CCC(=O)[C@@H]2[C@H](c2nccs2)N1C(=O)c1ccc(C(C)(C)C)cc1. The van der Waals surface area contributed by atoms with Crippen LogP contribution in [-0.4, -0.2) is 38.2 Å². The van der Waals surface area contributed by atoms with Gasteiger partial charge in [0.15, 0.2) is 0 Å². The number of ketones is 1. The molecule has 4 rings (SSSR count). The fourth-order valence-corrected chi connectivity index (χ4v) is 6.59. The van der Waals surface area contributed by atoms with Crippen LogP contribution >= 0.6 is 11.3 Å². The Labute approximate surface area is 199 Å². The first kappa shape index (κ1) is 23.6. The van der Waals surface area contributed by atoms with Crippen LogP contribution in [0.3, 0.4) is 0 Å². The van der Waals surface area contributed by atoms with Gasteiger partial charge < -0.3 is 10.0 Å². The fraction of sp³-hybridized carbons (Fsp3) is 0.538. The molecule has 2 aliphatic rings. The lowest BCUT2D eigenvalue weighted by atomic mass is 9.75. The number of amides is 1. The Bertz CT molecular complexity index is 1050. The summed E-state index contributed by atoms with van der Waals surface area (Å²) >= 11 is 1.37. The van der Waals surface area contributed by atoms with Gasteiger partial charge in [0, 0.05) is 29.5 Å². The molecule has 1 unspecified atom stereocenters. The fourth-order valence-electron chi connectivity index (χ4n) is 5.81. The van der Waals surface area contributed by atoms with Gasteiger partial charge in [-0.05, 0) is 41.9 Å². The molecule has 0 radical (unpaired) electrons. The predicted octanol–water partition coefficient (Wildman–Crippen LogP) is 5.10. The number of hydrogen-bond donors (Lipinski definition) is 1. The van der Waals surface area contributed by atoms with Crippen molar-refractivity contribution < 1.29 is 19.5 Å². The lowest BCUT2D eigenvalue weighted by Gasteiger charge is -2.41. The van der Waals surface area contributed by atoms with Crippen molar-refractivity contribution >= 4 is 29.0 Å². The summed E-state index contributed by atoms with van der Waals surface area (Å²) < 4.78 is 0. The quantitative estimate of drug-likeness (QED) is 0.659. The van der Waals surface area contributed by atoms with Crippen molar-refractivity contribution in [1.29, 1.82) is 0 Å². The van der Waals surface area contributed by atoms with Crippen LogP contribution in [0, 0.1) is 17.8 Å². The standard InChI is InChI=1S/C26H32N2O4S/c1-15(2)14-26(24(31)32)18-10-11-19(29)20(18)21(22-27-12-13-33-22)28(26)23(30)16-6-8-17(9-7-16)25(3,4)5/h6-9,12-13,15,18,20-21H,10-11,14H2,1-5H3,(H,31,32)/t18?,20-,21-,26+/m1/s1. The van der Waals surface area contributed by atoms with Crippen LogP contribution in [0.15, 0.2) is 35.8 Å². The summed E-state index contributed by atoms with van der Waals surface area (Å²) in [4.78, 5) is 46.1. The Morgan fingerprint density at radius 3 is 2.42 bits per heavy atom. The van der Waals surface area contributed by atoms with Crippen molar-refractivity contribution in [2.45, 2.75) is 70.9 Å². The maximum absolute atomic E-state index is 14.1. The number of nitrogens with zero attached hydrogens (tertiary/aromatic N) is 2. The average molecular weight is 469 g/mol. The smallest absolute Gasteiger partial charge is 0.329 e. The molecule has 2 fully saturated rings. The van der Waals surface area contributed by atoms with E-state index in [1.807, 2.05) is 31.4 Å². The molecule has 2 heterocycles. The number of rotatable bonds is 5. The molecule has 1 aromatic carbocycles. The molecule has 1 aliphatic carbocycles. The highest BCUT2D eigenvalue weighted by Gasteiger charge is 2.68. The minimum atomic E-state index is -1.44. The van der Waals surface area contributed by atoms with E-state index in [1.165, 1.54) is 16.2 Å². The first-order valence-corrected chi connectivity index (χ1v) is 12.5. The van der Waals surface area contributed by atoms with Crippen LogP contribution in [0.2, 0.25) is 0 Å². The summed E-state index contributed by atoms with van der Waals surface area (Å²) in [7, 11) is 0. The summed E-state index contributed by atoms with van der Waals surface area (Å²) in [6.07, 6.45) is 2.78. The van der Waals surface area contributed by atoms with Gasteiger partial charge in [0.1, 0.15) is 16.3 Å². The van der Waals surface area contributed by atoms with E-state index in [0.717, 1.165) is 5.56 Å². The molecule has 1 aliphatic heterocycles. The molecular formula is C26H32N2O4S. The second-order valence-corrected chi connectivity index (χ2v) is 11.7. The van der Waals surface area contributed by atoms with Gasteiger partial charge in [0.2, 0.25) is 0 Å². The third-order valence-corrected chi connectivity index (χ3v) is 8.03. The summed E-state index contributed by atoms with van der Waals surface area (Å²) in [6, 6.07) is 6.76. The van der Waals surface area contributed by atoms with Crippen molar-refractivity contribution in [3.05, 3.63) is 52.0 Å². The number of benzene rings is 1. The monoisotopic (exact) mass is 468 g/mol. The van der Waals surface area contributed by atoms with E-state index in [2.05, 4.69) is 25.8 Å². The third kappa shape index (κ3) is 3.80. The van der Waals surface area contributed by atoms with Crippen LogP contribution in [0.25, 0.3) is 0 Å². The van der Waals surface area contributed by atoms with E-state index in [4.69, 9.17) is 0 Å². The summed E-state index contributed by atoms with van der Waals surface area (Å²) in [6.45, 7) is 10.2. The first-order valence-electron chi connectivity index (χ1n) is 11.6. The van der Waals surface area contributed by atoms with Gasteiger partial charge >= 0.3 is 5.97 Å². The highest BCUT2D eigenvalue weighted by atomic mass is 32.1. The largest absolute Gasteiger partial charge is 0.479 e. The molecule has 4 atom stereocenters. The molecule has 1 saturated carbocycles. The number of hydrogen-bond acceptors (Lipinski definition) is 5. The minimum absolute atomic E-state index is 0.0334. The Kier molecular flexibility index (Phi) is 5.97. The first-order chi connectivity index (χ1) is 15.5. The molecule has 1 N–H and O–H groups in total. The van der Waals surface area contributed by atoms with Gasteiger partial charge in [-0.25, -0.2) is 9.78 Å². The van der Waals surface area contributed by atoms with Gasteiger partial charge in [-0.15, -0.1) is 11.3 Å². The zero-order valence-electron chi connectivity index (χ0n) is 19.9. The van der Waals surface area contributed by atoms with Gasteiger partial charge in [-0.2, -0.15) is 0 Å². The minimum Gasteiger partial charge on any atom is -0.479 e. The Morgan fingerprint density at radius 2 is 1.91 bits per heavy atom. The molecule has 0 spiro atoms. The van der Waals surface area contributed by atoms with E-state index in [-0.39, 0.29) is 23.0 Å². The Hall–Kier alpha value is -2.54. The molecular weight excluding hydrogens is 436 g/mol. The van der Waals surface area contributed by atoms with E-state index in [9.17, 15) is 19.5 Å². The predicted molar refractivity (Wildman–Crippen MR) is 127 cm³/mol. The number of aliphatic carboxylic acids is 1. The van der Waals surface area contributed by atoms with E-state index >= 15 is 0 Å². The van der Waals surface area contributed by atoms with E-state index in [1.54, 1.807) is 18.3 Å². The average Bonchev–Trinajstić information content (AvgIpc) is 3.44. The van der Waals surface area contributed by atoms with Crippen LogP contribution in [-0.2, 0) is 15.0 Å². The van der Waals surface area contributed by atoms with E-state index in [0.29, 0.717) is 29.8 Å². The number of carbonyl (C=O) groups excluding carboxylic acids is 2. The molecule has 33 heavy (non-hydrogen) atoms. The summed E-state index contributed by atoms with van der Waals surface area (Å²) in [5.41, 5.74) is 0.0214. The second-order valence-electron chi connectivity index (χ2n) is 10.8. The van der Waals surface area contributed by atoms with Crippen molar-refractivity contribution in [1.82, 2.24) is 9.88 Å². The molecule has 1 amide bonds. The van der Waals surface area contributed by atoms with Gasteiger partial charge in [-0.1, -0.05) is 46.8 Å². The third-order valence-electron chi connectivity index (χ3n) is 7.18. The zero-order chi connectivity index (χ0) is 24.1. The topological polar surface area (TPSA) is 87.6 Å². The highest BCUT2D eigenvalue weighted by Crippen LogP contribution is 2.59. The van der Waals surface area contributed by atoms with Crippen molar-refractivity contribution in [2.24, 2.45) is 17.8 Å².